The minimum Gasteiger partial charge on any atom is -0.464 e. The van der Waals surface area contributed by atoms with Gasteiger partial charge in [-0.3, -0.25) is 4.68 Å². The van der Waals surface area contributed by atoms with Crippen LogP contribution in [-0.4, -0.2) is 37.8 Å². The molecule has 5 rings (SSSR count). The van der Waals surface area contributed by atoms with Crippen molar-refractivity contribution in [2.75, 3.05) is 12.4 Å². The molecule has 1 aliphatic carbocycles. The Morgan fingerprint density at radius 2 is 2.09 bits per heavy atom. The smallest absolute Gasteiger partial charge is 0.358 e. The van der Waals surface area contributed by atoms with Gasteiger partial charge in [0.05, 0.1) is 47.5 Å². The van der Waals surface area contributed by atoms with E-state index in [2.05, 4.69) is 15.4 Å². The van der Waals surface area contributed by atoms with Crippen LogP contribution in [0.25, 0.3) is 22.7 Å². The lowest BCUT2D eigenvalue weighted by molar-refractivity contribution is 0.0595. The van der Waals surface area contributed by atoms with Gasteiger partial charge < -0.3 is 10.1 Å². The van der Waals surface area contributed by atoms with E-state index in [-0.39, 0.29) is 10.8 Å². The Morgan fingerprint density at radius 1 is 1.26 bits per heavy atom. The lowest BCUT2D eigenvalue weighted by Crippen LogP contribution is -2.14. The largest absolute Gasteiger partial charge is 0.464 e. The van der Waals surface area contributed by atoms with Crippen molar-refractivity contribution in [2.45, 2.75) is 25.8 Å². The number of carbonyl (C=O) groups is 1. The van der Waals surface area contributed by atoms with Gasteiger partial charge in [-0.15, -0.1) is 0 Å². The highest BCUT2D eigenvalue weighted by Gasteiger charge is 2.24. The zero-order valence-electron chi connectivity index (χ0n) is 19.3. The molecule has 10 heteroatoms. The minimum absolute atomic E-state index is 0.0460. The molecule has 0 radical (unpaired) electrons. The van der Waals surface area contributed by atoms with Crippen LogP contribution in [0.15, 0.2) is 36.7 Å². The van der Waals surface area contributed by atoms with Gasteiger partial charge in [-0.05, 0) is 49.6 Å². The Hall–Kier alpha value is -3.85. The van der Waals surface area contributed by atoms with E-state index < -0.39 is 17.8 Å². The summed E-state index contributed by atoms with van der Waals surface area (Å²) in [4.78, 5) is 25.9. The number of carbonyl (C=O) groups excluding carboxylic acids is 1. The molecule has 0 spiro atoms. The number of nitrogens with zero attached hydrogens (tertiary/aromatic N) is 5. The summed E-state index contributed by atoms with van der Waals surface area (Å²) in [6, 6.07) is 5.61. The molecule has 3 heterocycles. The summed E-state index contributed by atoms with van der Waals surface area (Å²) in [5.74, 6) is -1.05. The first-order chi connectivity index (χ1) is 16.8. The summed E-state index contributed by atoms with van der Waals surface area (Å²) in [7, 11) is 3.14. The first-order valence-corrected chi connectivity index (χ1v) is 11.4. The number of fused-ring (bicyclic) bond motifs is 2. The van der Waals surface area contributed by atoms with Crippen molar-refractivity contribution in [3.05, 3.63) is 75.8 Å². The molecule has 4 aromatic rings. The molecule has 1 N–H and O–H groups in total. The van der Waals surface area contributed by atoms with Crippen LogP contribution >= 0.6 is 11.6 Å². The molecular formula is C25H22ClFN6O2. The van der Waals surface area contributed by atoms with Crippen molar-refractivity contribution in [3.63, 3.8) is 0 Å². The van der Waals surface area contributed by atoms with Crippen molar-refractivity contribution < 1.29 is 13.9 Å². The first kappa shape index (κ1) is 22.9. The highest BCUT2D eigenvalue weighted by Crippen LogP contribution is 2.35. The number of aromatic nitrogens is 5. The molecule has 0 bridgehead atoms. The maximum Gasteiger partial charge on any atom is 0.358 e. The van der Waals surface area contributed by atoms with Crippen LogP contribution in [0.4, 0.5) is 10.1 Å². The van der Waals surface area contributed by atoms with Gasteiger partial charge in [0.1, 0.15) is 11.0 Å². The fourth-order valence-electron chi connectivity index (χ4n) is 4.29. The summed E-state index contributed by atoms with van der Waals surface area (Å²) in [5.41, 5.74) is 5.84. The second-order valence-electron chi connectivity index (χ2n) is 8.39. The number of anilines is 1. The van der Waals surface area contributed by atoms with Crippen LogP contribution < -0.4 is 5.32 Å². The number of allylic oxidation sites excluding steroid dienone is 1. The second-order valence-corrected chi connectivity index (χ2v) is 8.77. The van der Waals surface area contributed by atoms with Gasteiger partial charge in [0.2, 0.25) is 0 Å². The van der Waals surface area contributed by atoms with Crippen LogP contribution in [0.5, 0.6) is 0 Å². The van der Waals surface area contributed by atoms with Crippen molar-refractivity contribution in [1.82, 2.24) is 24.7 Å². The quantitative estimate of drug-likeness (QED) is 0.309. The highest BCUT2D eigenvalue weighted by atomic mass is 35.5. The van der Waals surface area contributed by atoms with Crippen LogP contribution in [0.1, 0.15) is 52.4 Å². The van der Waals surface area contributed by atoms with Crippen LogP contribution in [-0.2, 0) is 18.2 Å². The van der Waals surface area contributed by atoms with Gasteiger partial charge in [-0.2, -0.15) is 5.10 Å². The third kappa shape index (κ3) is 4.46. The third-order valence-corrected chi connectivity index (χ3v) is 6.13. The molecule has 0 fully saturated rings. The number of hydrogen-bond acceptors (Lipinski definition) is 7. The molecular weight excluding hydrogens is 471 g/mol. The summed E-state index contributed by atoms with van der Waals surface area (Å²) in [6.07, 6.45) is 7.31. The fourth-order valence-corrected chi connectivity index (χ4v) is 4.44. The van der Waals surface area contributed by atoms with Gasteiger partial charge in [-0.25, -0.2) is 24.1 Å². The number of aryl methyl sites for hydroxylation is 2. The number of pyridine rings is 1. The Labute approximate surface area is 205 Å². The topological polar surface area (TPSA) is 94.8 Å². The number of esters is 1. The standard InChI is InChI=1S/C25H22ClFN6O2/c1-13(29-19-6-7-21(26)32-24(19)25(34)35-3)17-9-16(27)10-20-23(17)30-18-5-4-15(22(18)31-20)8-14-11-28-33(2)12-14/h6-13,29H,4-5H2,1-3H3/t13-/m1/s1. The molecule has 35 heavy (non-hydrogen) atoms. The molecule has 0 saturated carbocycles. The Balaban J connectivity index is 1.54. The molecule has 0 saturated heterocycles. The molecule has 1 aliphatic rings. The molecule has 0 amide bonds. The summed E-state index contributed by atoms with van der Waals surface area (Å²) in [6.45, 7) is 1.85. The van der Waals surface area contributed by atoms with E-state index in [1.54, 1.807) is 23.0 Å². The van der Waals surface area contributed by atoms with Crippen LogP contribution in [0.3, 0.4) is 0 Å². The van der Waals surface area contributed by atoms with Crippen LogP contribution in [0, 0.1) is 5.82 Å². The molecule has 1 aromatic carbocycles. The average Bonchev–Trinajstić information content (AvgIpc) is 3.43. The van der Waals surface area contributed by atoms with E-state index in [1.165, 1.54) is 19.2 Å². The normalized spacial score (nSPS) is 14.8. The molecule has 3 aromatic heterocycles. The molecule has 0 aliphatic heterocycles. The van der Waals surface area contributed by atoms with Gasteiger partial charge in [0.15, 0.2) is 5.69 Å². The van der Waals surface area contributed by atoms with Crippen molar-refractivity contribution in [1.29, 1.82) is 0 Å². The van der Waals surface area contributed by atoms with Gasteiger partial charge in [0.25, 0.3) is 0 Å². The van der Waals surface area contributed by atoms with Gasteiger partial charge >= 0.3 is 5.97 Å². The van der Waals surface area contributed by atoms with Crippen molar-refractivity contribution in [2.24, 2.45) is 7.05 Å². The van der Waals surface area contributed by atoms with Crippen molar-refractivity contribution >= 4 is 45.9 Å². The maximum absolute atomic E-state index is 14.7. The number of rotatable bonds is 5. The predicted molar refractivity (Wildman–Crippen MR) is 132 cm³/mol. The maximum atomic E-state index is 14.7. The summed E-state index contributed by atoms with van der Waals surface area (Å²) in [5, 5.41) is 7.59. The van der Waals surface area contributed by atoms with Crippen LogP contribution in [0.2, 0.25) is 5.15 Å². The number of ether oxygens (including phenoxy) is 1. The van der Waals surface area contributed by atoms with Gasteiger partial charge in [0, 0.05) is 30.4 Å². The van der Waals surface area contributed by atoms with E-state index >= 15 is 0 Å². The van der Waals surface area contributed by atoms with E-state index in [4.69, 9.17) is 26.3 Å². The molecule has 1 atom stereocenters. The molecule has 178 valence electrons. The Morgan fingerprint density at radius 3 is 2.83 bits per heavy atom. The summed E-state index contributed by atoms with van der Waals surface area (Å²) >= 11 is 5.96. The Bertz CT molecular complexity index is 1500. The van der Waals surface area contributed by atoms with E-state index in [0.717, 1.165) is 35.4 Å². The molecule has 8 nitrogen and oxygen atoms in total. The SMILES string of the molecule is COC(=O)c1nc(Cl)ccc1N[C@H](C)c1cc(F)cc2nc3c(nc12)CCC3=Cc1cnn(C)c1. The number of methoxy groups -OCH3 is 1. The van der Waals surface area contributed by atoms with E-state index in [0.29, 0.717) is 22.3 Å². The fraction of sp³-hybridized carbons (Fsp3) is 0.240. The van der Waals surface area contributed by atoms with Crippen molar-refractivity contribution in [3.8, 4) is 0 Å². The first-order valence-electron chi connectivity index (χ1n) is 11.0. The minimum atomic E-state index is -0.628. The highest BCUT2D eigenvalue weighted by molar-refractivity contribution is 6.29. The Kier molecular flexibility index (Phi) is 5.94. The third-order valence-electron chi connectivity index (χ3n) is 5.92. The summed E-state index contributed by atoms with van der Waals surface area (Å²) < 4.78 is 21.2. The molecule has 0 unspecified atom stereocenters. The zero-order valence-corrected chi connectivity index (χ0v) is 20.1. The second kappa shape index (κ2) is 9.07. The lowest BCUT2D eigenvalue weighted by atomic mass is 10.0. The number of halogens is 2. The predicted octanol–water partition coefficient (Wildman–Crippen LogP) is 5.00. The van der Waals surface area contributed by atoms with E-state index in [1.807, 2.05) is 26.2 Å². The monoisotopic (exact) mass is 492 g/mol. The lowest BCUT2D eigenvalue weighted by Gasteiger charge is -2.19. The van der Waals surface area contributed by atoms with Gasteiger partial charge in [-0.1, -0.05) is 11.6 Å². The number of hydrogen-bond donors (Lipinski definition) is 1. The van der Waals surface area contributed by atoms with E-state index in [9.17, 15) is 9.18 Å². The number of benzene rings is 1. The number of nitrogens with one attached hydrogen (secondary N) is 1. The average molecular weight is 493 g/mol. The zero-order chi connectivity index (χ0) is 24.7.